The summed E-state index contributed by atoms with van der Waals surface area (Å²) in [6, 6.07) is 7.37. The normalized spacial score (nSPS) is 14.5. The number of rotatable bonds is 7. The van der Waals surface area contributed by atoms with E-state index < -0.39 is 0 Å². The molecule has 1 saturated carbocycles. The second kappa shape index (κ2) is 8.56. The quantitative estimate of drug-likeness (QED) is 0.725. The Morgan fingerprint density at radius 1 is 1.26 bits per heavy atom. The second-order valence-corrected chi connectivity index (χ2v) is 5.72. The van der Waals surface area contributed by atoms with Gasteiger partial charge in [0.1, 0.15) is 5.75 Å². The molecule has 1 aliphatic rings. The molecule has 1 fully saturated rings. The minimum Gasteiger partial charge on any atom is -0.497 e. The van der Waals surface area contributed by atoms with Gasteiger partial charge < -0.3 is 14.4 Å². The summed E-state index contributed by atoms with van der Waals surface area (Å²) in [6.45, 7) is 2.56. The number of benzene rings is 1. The van der Waals surface area contributed by atoms with Gasteiger partial charge in [-0.2, -0.15) is 0 Å². The maximum atomic E-state index is 12.9. The van der Waals surface area contributed by atoms with E-state index in [9.17, 15) is 9.59 Å². The van der Waals surface area contributed by atoms with Gasteiger partial charge in [-0.15, -0.1) is 0 Å². The van der Waals surface area contributed by atoms with Crippen molar-refractivity contribution in [1.29, 1.82) is 0 Å². The third kappa shape index (κ3) is 4.71. The minimum absolute atomic E-state index is 0.0416. The first-order valence-electron chi connectivity index (χ1n) is 8.26. The van der Waals surface area contributed by atoms with Crippen molar-refractivity contribution in [3.8, 4) is 5.75 Å². The monoisotopic (exact) mass is 319 g/mol. The minimum atomic E-state index is -0.256. The van der Waals surface area contributed by atoms with E-state index in [1.54, 1.807) is 26.2 Å². The standard InChI is InChI=1S/C18H25NO4/c1-3-23-17(20)11-12-19(15-8-4-5-9-15)18(21)14-7-6-10-16(13-14)22-2/h6-7,10,13,15H,3-5,8-9,11-12H2,1-2H3. The van der Waals surface area contributed by atoms with Gasteiger partial charge in [0, 0.05) is 18.2 Å². The molecule has 1 aromatic rings. The predicted molar refractivity (Wildman–Crippen MR) is 87.5 cm³/mol. The highest BCUT2D eigenvalue weighted by molar-refractivity contribution is 5.95. The van der Waals surface area contributed by atoms with Crippen LogP contribution >= 0.6 is 0 Å². The van der Waals surface area contributed by atoms with E-state index >= 15 is 0 Å². The van der Waals surface area contributed by atoms with E-state index in [1.165, 1.54) is 0 Å². The van der Waals surface area contributed by atoms with Crippen LogP contribution in [0.1, 0.15) is 49.4 Å². The Morgan fingerprint density at radius 2 is 2.00 bits per heavy atom. The largest absolute Gasteiger partial charge is 0.497 e. The zero-order chi connectivity index (χ0) is 16.7. The van der Waals surface area contributed by atoms with Crippen LogP contribution in [0, 0.1) is 0 Å². The van der Waals surface area contributed by atoms with Crippen LogP contribution in [0.3, 0.4) is 0 Å². The molecule has 1 aliphatic carbocycles. The molecule has 0 atom stereocenters. The zero-order valence-corrected chi connectivity index (χ0v) is 13.9. The van der Waals surface area contributed by atoms with Gasteiger partial charge in [0.25, 0.3) is 5.91 Å². The fourth-order valence-corrected chi connectivity index (χ4v) is 3.03. The van der Waals surface area contributed by atoms with Crippen molar-refractivity contribution in [2.45, 2.75) is 45.1 Å². The molecule has 5 nitrogen and oxygen atoms in total. The fourth-order valence-electron chi connectivity index (χ4n) is 3.03. The first kappa shape index (κ1) is 17.3. The summed E-state index contributed by atoms with van der Waals surface area (Å²) >= 11 is 0. The highest BCUT2D eigenvalue weighted by atomic mass is 16.5. The van der Waals surface area contributed by atoms with Crippen LogP contribution in [0.5, 0.6) is 5.75 Å². The Hall–Kier alpha value is -2.04. The van der Waals surface area contributed by atoms with Gasteiger partial charge in [-0.3, -0.25) is 9.59 Å². The first-order valence-corrected chi connectivity index (χ1v) is 8.26. The van der Waals surface area contributed by atoms with Gasteiger partial charge in [-0.25, -0.2) is 0 Å². The van der Waals surface area contributed by atoms with Crippen LogP contribution in [-0.2, 0) is 9.53 Å². The number of carbonyl (C=O) groups excluding carboxylic acids is 2. The number of methoxy groups -OCH3 is 1. The summed E-state index contributed by atoms with van der Waals surface area (Å²) in [4.78, 5) is 26.4. The van der Waals surface area contributed by atoms with Crippen LogP contribution in [0.15, 0.2) is 24.3 Å². The number of esters is 1. The van der Waals surface area contributed by atoms with E-state index in [1.807, 2.05) is 17.0 Å². The van der Waals surface area contributed by atoms with Crippen molar-refractivity contribution >= 4 is 11.9 Å². The fraction of sp³-hybridized carbons (Fsp3) is 0.556. The maximum Gasteiger partial charge on any atom is 0.307 e. The van der Waals surface area contributed by atoms with Crippen LogP contribution in [0.2, 0.25) is 0 Å². The third-order valence-corrected chi connectivity index (χ3v) is 4.21. The van der Waals surface area contributed by atoms with Crippen LogP contribution < -0.4 is 4.74 Å². The molecule has 0 radical (unpaired) electrons. The Kier molecular flexibility index (Phi) is 6.44. The Bertz CT molecular complexity index is 538. The number of carbonyl (C=O) groups is 2. The molecule has 1 aromatic carbocycles. The molecule has 0 spiro atoms. The van der Waals surface area contributed by atoms with E-state index in [-0.39, 0.29) is 24.3 Å². The topological polar surface area (TPSA) is 55.8 Å². The number of hydrogen-bond donors (Lipinski definition) is 0. The van der Waals surface area contributed by atoms with Gasteiger partial charge in [-0.1, -0.05) is 18.9 Å². The third-order valence-electron chi connectivity index (χ3n) is 4.21. The summed E-state index contributed by atoms with van der Waals surface area (Å²) in [5, 5.41) is 0. The molecule has 23 heavy (non-hydrogen) atoms. The van der Waals surface area contributed by atoms with Crippen molar-refractivity contribution in [1.82, 2.24) is 4.90 Å². The summed E-state index contributed by atoms with van der Waals surface area (Å²) in [6.07, 6.45) is 4.50. The van der Waals surface area contributed by atoms with Gasteiger partial charge in [0.15, 0.2) is 0 Å². The van der Waals surface area contributed by atoms with Crippen molar-refractivity contribution < 1.29 is 19.1 Å². The van der Waals surface area contributed by atoms with Crippen molar-refractivity contribution in [2.24, 2.45) is 0 Å². The summed E-state index contributed by atoms with van der Waals surface area (Å²) in [5.41, 5.74) is 0.597. The molecule has 0 saturated heterocycles. The lowest BCUT2D eigenvalue weighted by Crippen LogP contribution is -2.40. The smallest absolute Gasteiger partial charge is 0.307 e. The zero-order valence-electron chi connectivity index (χ0n) is 13.9. The highest BCUT2D eigenvalue weighted by Gasteiger charge is 2.28. The molecule has 0 N–H and O–H groups in total. The van der Waals surface area contributed by atoms with Crippen LogP contribution in [0.4, 0.5) is 0 Å². The molecule has 1 amide bonds. The Balaban J connectivity index is 2.11. The molecule has 5 heteroatoms. The van der Waals surface area contributed by atoms with Crippen LogP contribution in [0.25, 0.3) is 0 Å². The van der Waals surface area contributed by atoms with Crippen LogP contribution in [-0.4, -0.2) is 43.1 Å². The molecule has 0 heterocycles. The van der Waals surface area contributed by atoms with E-state index in [0.717, 1.165) is 25.7 Å². The SMILES string of the molecule is CCOC(=O)CCN(C(=O)c1cccc(OC)c1)C1CCCC1. The van der Waals surface area contributed by atoms with E-state index in [2.05, 4.69) is 0 Å². The Labute approximate surface area is 137 Å². The second-order valence-electron chi connectivity index (χ2n) is 5.72. The highest BCUT2D eigenvalue weighted by Crippen LogP contribution is 2.26. The summed E-state index contributed by atoms with van der Waals surface area (Å²) in [5.74, 6) is 0.363. The first-order chi connectivity index (χ1) is 11.2. The number of amides is 1. The number of hydrogen-bond acceptors (Lipinski definition) is 4. The van der Waals surface area contributed by atoms with Crippen molar-refractivity contribution in [3.63, 3.8) is 0 Å². The molecule has 2 rings (SSSR count). The number of nitrogens with zero attached hydrogens (tertiary/aromatic N) is 1. The average molecular weight is 319 g/mol. The molecule has 0 bridgehead atoms. The van der Waals surface area contributed by atoms with Crippen molar-refractivity contribution in [3.05, 3.63) is 29.8 Å². The van der Waals surface area contributed by atoms with Gasteiger partial charge in [0.05, 0.1) is 20.1 Å². The lowest BCUT2D eigenvalue weighted by atomic mass is 10.1. The summed E-state index contributed by atoms with van der Waals surface area (Å²) < 4.78 is 10.2. The van der Waals surface area contributed by atoms with Gasteiger partial charge in [0.2, 0.25) is 0 Å². The van der Waals surface area contributed by atoms with Gasteiger partial charge >= 0.3 is 5.97 Å². The maximum absolute atomic E-state index is 12.9. The molecular weight excluding hydrogens is 294 g/mol. The van der Waals surface area contributed by atoms with Gasteiger partial charge in [-0.05, 0) is 38.0 Å². The lowest BCUT2D eigenvalue weighted by Gasteiger charge is -2.29. The lowest BCUT2D eigenvalue weighted by molar-refractivity contribution is -0.143. The average Bonchev–Trinajstić information content (AvgIpc) is 3.09. The molecular formula is C18H25NO4. The van der Waals surface area contributed by atoms with E-state index in [4.69, 9.17) is 9.47 Å². The molecule has 0 aliphatic heterocycles. The Morgan fingerprint density at radius 3 is 2.65 bits per heavy atom. The molecule has 0 aromatic heterocycles. The van der Waals surface area contributed by atoms with Crippen molar-refractivity contribution in [2.75, 3.05) is 20.3 Å². The number of ether oxygens (including phenoxy) is 2. The molecule has 126 valence electrons. The summed E-state index contributed by atoms with van der Waals surface area (Å²) in [7, 11) is 1.58. The van der Waals surface area contributed by atoms with E-state index in [0.29, 0.717) is 24.5 Å². The molecule has 0 unspecified atom stereocenters. The predicted octanol–water partition coefficient (Wildman–Crippen LogP) is 3.03.